The molecule has 2 aliphatic heterocycles. The fraction of sp³-hybridized carbons (Fsp3) is 0.375. The third-order valence-electron chi connectivity index (χ3n) is 4.55. The number of nitrogens with zero attached hydrogens (tertiary/aromatic N) is 4. The van der Waals surface area contributed by atoms with Crippen molar-refractivity contribution in [2.75, 3.05) is 23.7 Å². The Kier molecular flexibility index (Phi) is 3.00. The topological polar surface area (TPSA) is 58.3 Å². The molecule has 21 heavy (non-hydrogen) atoms. The second-order valence-corrected chi connectivity index (χ2v) is 5.91. The number of fused-ring (bicyclic) bond motifs is 2. The van der Waals surface area contributed by atoms with E-state index in [1.807, 2.05) is 6.07 Å². The summed E-state index contributed by atoms with van der Waals surface area (Å²) in [5.41, 5.74) is 7.16. The minimum absolute atomic E-state index is 0.545. The van der Waals surface area contributed by atoms with Crippen molar-refractivity contribution in [3.8, 4) is 0 Å². The lowest BCUT2D eigenvalue weighted by molar-refractivity contribution is 0.230. The molecular weight excluding hydrogens is 262 g/mol. The molecule has 1 aromatic heterocycles. The van der Waals surface area contributed by atoms with Gasteiger partial charge in [0.2, 0.25) is 0 Å². The van der Waals surface area contributed by atoms with Crippen molar-refractivity contribution in [3.63, 3.8) is 0 Å². The molecule has 5 nitrogen and oxygen atoms in total. The minimum atomic E-state index is 0.545. The van der Waals surface area contributed by atoms with Crippen LogP contribution in [0.25, 0.3) is 0 Å². The van der Waals surface area contributed by atoms with Gasteiger partial charge in [-0.2, -0.15) is 0 Å². The fourth-order valence-electron chi connectivity index (χ4n) is 3.56. The first-order chi connectivity index (χ1) is 10.3. The van der Waals surface area contributed by atoms with Gasteiger partial charge in [-0.15, -0.1) is 0 Å². The number of hydrogen-bond donors (Lipinski definition) is 1. The SMILES string of the molecule is Nc1cc(N2CC3CC2CN3Cc2ccccc2)ncn1. The third-order valence-corrected chi connectivity index (χ3v) is 4.55. The summed E-state index contributed by atoms with van der Waals surface area (Å²) in [7, 11) is 0. The number of nitrogens with two attached hydrogens (primary N) is 1. The lowest BCUT2D eigenvalue weighted by Crippen LogP contribution is -2.46. The predicted molar refractivity (Wildman–Crippen MR) is 82.8 cm³/mol. The van der Waals surface area contributed by atoms with Crippen molar-refractivity contribution in [1.29, 1.82) is 0 Å². The van der Waals surface area contributed by atoms with E-state index >= 15 is 0 Å². The number of anilines is 2. The van der Waals surface area contributed by atoms with E-state index in [-0.39, 0.29) is 0 Å². The van der Waals surface area contributed by atoms with Gasteiger partial charge in [0.15, 0.2) is 0 Å². The molecule has 2 aliphatic rings. The molecule has 5 heteroatoms. The van der Waals surface area contributed by atoms with Crippen LogP contribution in [0.15, 0.2) is 42.7 Å². The highest BCUT2D eigenvalue weighted by atomic mass is 15.4. The summed E-state index contributed by atoms with van der Waals surface area (Å²) in [5.74, 6) is 1.51. The summed E-state index contributed by atoms with van der Waals surface area (Å²) in [6, 6.07) is 13.7. The zero-order valence-electron chi connectivity index (χ0n) is 11.9. The second-order valence-electron chi connectivity index (χ2n) is 5.91. The van der Waals surface area contributed by atoms with E-state index in [1.165, 1.54) is 12.0 Å². The Morgan fingerprint density at radius 3 is 2.67 bits per heavy atom. The van der Waals surface area contributed by atoms with Gasteiger partial charge in [-0.25, -0.2) is 9.97 Å². The van der Waals surface area contributed by atoms with Crippen molar-refractivity contribution in [3.05, 3.63) is 48.3 Å². The maximum atomic E-state index is 5.77. The van der Waals surface area contributed by atoms with Gasteiger partial charge in [0.05, 0.1) is 0 Å². The number of aromatic nitrogens is 2. The van der Waals surface area contributed by atoms with Gasteiger partial charge in [0.1, 0.15) is 18.0 Å². The number of rotatable bonds is 3. The van der Waals surface area contributed by atoms with Gasteiger partial charge < -0.3 is 10.6 Å². The van der Waals surface area contributed by atoms with Crippen LogP contribution in [0.1, 0.15) is 12.0 Å². The van der Waals surface area contributed by atoms with Crippen molar-refractivity contribution in [1.82, 2.24) is 14.9 Å². The first-order valence-electron chi connectivity index (χ1n) is 7.42. The van der Waals surface area contributed by atoms with Crippen LogP contribution in [0, 0.1) is 0 Å². The molecular formula is C16H19N5. The second kappa shape index (κ2) is 5.00. The largest absolute Gasteiger partial charge is 0.384 e. The first kappa shape index (κ1) is 12.6. The summed E-state index contributed by atoms with van der Waals surface area (Å²) in [4.78, 5) is 13.3. The summed E-state index contributed by atoms with van der Waals surface area (Å²) in [6.45, 7) is 3.18. The molecule has 0 spiro atoms. The van der Waals surface area contributed by atoms with E-state index in [1.54, 1.807) is 6.33 Å². The summed E-state index contributed by atoms with van der Waals surface area (Å²) >= 11 is 0. The molecule has 1 aromatic carbocycles. The molecule has 2 fully saturated rings. The lowest BCUT2D eigenvalue weighted by atomic mass is 10.2. The molecule has 4 rings (SSSR count). The lowest BCUT2D eigenvalue weighted by Gasteiger charge is -2.34. The fourth-order valence-corrected chi connectivity index (χ4v) is 3.56. The Balaban J connectivity index is 1.46. The van der Waals surface area contributed by atoms with E-state index in [0.717, 1.165) is 25.5 Å². The van der Waals surface area contributed by atoms with Gasteiger partial charge in [-0.1, -0.05) is 30.3 Å². The van der Waals surface area contributed by atoms with Gasteiger partial charge in [-0.3, -0.25) is 4.90 Å². The van der Waals surface area contributed by atoms with E-state index in [2.05, 4.69) is 50.1 Å². The van der Waals surface area contributed by atoms with Crippen LogP contribution in [0.2, 0.25) is 0 Å². The predicted octanol–water partition coefficient (Wildman–Crippen LogP) is 1.52. The van der Waals surface area contributed by atoms with Crippen LogP contribution in [0.3, 0.4) is 0 Å². The van der Waals surface area contributed by atoms with Gasteiger partial charge in [-0.05, 0) is 12.0 Å². The Bertz CT molecular complexity index is 630. The third kappa shape index (κ3) is 2.34. The molecule has 2 aromatic rings. The molecule has 0 radical (unpaired) electrons. The molecule has 0 aliphatic carbocycles. The molecule has 3 heterocycles. The minimum Gasteiger partial charge on any atom is -0.384 e. The molecule has 2 N–H and O–H groups in total. The Morgan fingerprint density at radius 1 is 1.10 bits per heavy atom. The molecule has 0 amide bonds. The first-order valence-corrected chi connectivity index (χ1v) is 7.42. The van der Waals surface area contributed by atoms with Crippen molar-refractivity contribution >= 4 is 11.6 Å². The van der Waals surface area contributed by atoms with E-state index in [9.17, 15) is 0 Å². The number of piperazine rings is 1. The molecule has 2 atom stereocenters. The quantitative estimate of drug-likeness (QED) is 0.924. The zero-order chi connectivity index (χ0) is 14.2. The van der Waals surface area contributed by atoms with Crippen molar-refractivity contribution < 1.29 is 0 Å². The Hall–Kier alpha value is -2.14. The molecule has 2 unspecified atom stereocenters. The highest BCUT2D eigenvalue weighted by molar-refractivity contribution is 5.49. The number of benzene rings is 1. The Labute approximate surface area is 124 Å². The van der Waals surface area contributed by atoms with Crippen molar-refractivity contribution in [2.45, 2.75) is 25.0 Å². The smallest absolute Gasteiger partial charge is 0.134 e. The number of likely N-dealkylation sites (tertiary alicyclic amines) is 1. The number of nitrogen functional groups attached to an aromatic ring is 1. The number of hydrogen-bond acceptors (Lipinski definition) is 5. The van der Waals surface area contributed by atoms with Crippen LogP contribution in [-0.2, 0) is 6.54 Å². The van der Waals surface area contributed by atoms with Crippen LogP contribution in [0.4, 0.5) is 11.6 Å². The molecule has 108 valence electrons. The van der Waals surface area contributed by atoms with Gasteiger partial charge in [0.25, 0.3) is 0 Å². The normalized spacial score (nSPS) is 24.7. The highest BCUT2D eigenvalue weighted by Gasteiger charge is 2.43. The van der Waals surface area contributed by atoms with E-state index in [4.69, 9.17) is 5.73 Å². The average Bonchev–Trinajstić information content (AvgIpc) is 3.08. The molecule has 2 bridgehead atoms. The zero-order valence-corrected chi connectivity index (χ0v) is 11.9. The standard InChI is InChI=1S/C16H19N5/c17-15-7-16(19-11-18-15)21-10-13-6-14(21)9-20(13)8-12-4-2-1-3-5-12/h1-5,7,11,13-14H,6,8-10H2,(H2,17,18,19). The van der Waals surface area contributed by atoms with Gasteiger partial charge >= 0.3 is 0 Å². The highest BCUT2D eigenvalue weighted by Crippen LogP contribution is 2.34. The van der Waals surface area contributed by atoms with Crippen LogP contribution < -0.4 is 10.6 Å². The maximum Gasteiger partial charge on any atom is 0.134 e. The monoisotopic (exact) mass is 281 g/mol. The van der Waals surface area contributed by atoms with E-state index < -0.39 is 0 Å². The van der Waals surface area contributed by atoms with Crippen LogP contribution >= 0.6 is 0 Å². The summed E-state index contributed by atoms with van der Waals surface area (Å²) in [5, 5.41) is 0. The van der Waals surface area contributed by atoms with E-state index in [0.29, 0.717) is 17.9 Å². The van der Waals surface area contributed by atoms with Gasteiger partial charge in [0, 0.05) is 37.8 Å². The van der Waals surface area contributed by atoms with Crippen molar-refractivity contribution in [2.24, 2.45) is 0 Å². The summed E-state index contributed by atoms with van der Waals surface area (Å²) in [6.07, 6.45) is 2.77. The van der Waals surface area contributed by atoms with Crippen LogP contribution in [0.5, 0.6) is 0 Å². The average molecular weight is 281 g/mol. The summed E-state index contributed by atoms with van der Waals surface area (Å²) < 4.78 is 0. The van der Waals surface area contributed by atoms with Crippen LogP contribution in [-0.4, -0.2) is 40.0 Å². The maximum absolute atomic E-state index is 5.77. The molecule has 0 saturated carbocycles. The Morgan fingerprint density at radius 2 is 1.95 bits per heavy atom. The molecule has 2 saturated heterocycles.